The Morgan fingerprint density at radius 3 is 2.74 bits per heavy atom. The van der Waals surface area contributed by atoms with Gasteiger partial charge in [-0.15, -0.1) is 0 Å². The maximum Gasteiger partial charge on any atom is 0.341 e. The van der Waals surface area contributed by atoms with Gasteiger partial charge in [0.2, 0.25) is 0 Å². The van der Waals surface area contributed by atoms with E-state index in [4.69, 9.17) is 4.74 Å². The summed E-state index contributed by atoms with van der Waals surface area (Å²) in [6, 6.07) is 11.6. The van der Waals surface area contributed by atoms with E-state index in [-0.39, 0.29) is 18.6 Å². The van der Waals surface area contributed by atoms with Crippen LogP contribution in [0.4, 0.5) is 0 Å². The van der Waals surface area contributed by atoms with Crippen LogP contribution in [-0.2, 0) is 9.53 Å². The Labute approximate surface area is 164 Å². The number of carbonyl (C=O) groups excluding carboxylic acids is 2. The Balaban J connectivity index is 1.64. The van der Waals surface area contributed by atoms with E-state index in [0.717, 1.165) is 30.7 Å². The fourth-order valence-corrected chi connectivity index (χ4v) is 3.97. The highest BCUT2D eigenvalue weighted by Crippen LogP contribution is 2.29. The number of pyridine rings is 1. The molecule has 0 saturated carbocycles. The first-order valence-corrected chi connectivity index (χ1v) is 10.0. The van der Waals surface area contributed by atoms with E-state index in [1.54, 1.807) is 18.3 Å². The molecule has 1 aliphatic rings. The maximum absolute atomic E-state index is 12.5. The average Bonchev–Trinajstić information content (AvgIpc) is 2.68. The molecule has 0 aliphatic carbocycles. The highest BCUT2D eigenvalue weighted by molar-refractivity contribution is 7.99. The third-order valence-corrected chi connectivity index (χ3v) is 5.70. The van der Waals surface area contributed by atoms with Crippen LogP contribution < -0.4 is 0 Å². The summed E-state index contributed by atoms with van der Waals surface area (Å²) in [5.41, 5.74) is 1.55. The second kappa shape index (κ2) is 9.04. The zero-order valence-electron chi connectivity index (χ0n) is 15.7. The largest absolute Gasteiger partial charge is 0.452 e. The van der Waals surface area contributed by atoms with Crippen molar-refractivity contribution >= 4 is 23.6 Å². The van der Waals surface area contributed by atoms with Crippen molar-refractivity contribution in [3.8, 4) is 0 Å². The molecule has 1 amide bonds. The summed E-state index contributed by atoms with van der Waals surface area (Å²) >= 11 is 1.41. The van der Waals surface area contributed by atoms with Gasteiger partial charge in [0.15, 0.2) is 6.61 Å². The molecule has 0 radical (unpaired) electrons. The molecule has 0 spiro atoms. The third-order valence-electron chi connectivity index (χ3n) is 4.68. The first-order chi connectivity index (χ1) is 13.0. The summed E-state index contributed by atoms with van der Waals surface area (Å²) in [6.45, 7) is 4.57. The summed E-state index contributed by atoms with van der Waals surface area (Å²) in [6.07, 6.45) is 4.79. The number of amides is 1. The normalized spacial score (nSPS) is 16.8. The summed E-state index contributed by atoms with van der Waals surface area (Å²) in [5.74, 6) is -0.650. The molecule has 1 atom stereocenters. The lowest BCUT2D eigenvalue weighted by Gasteiger charge is -2.33. The SMILES string of the molecule is Cc1ccc(Sc2ncccc2C(=O)OCC(=O)N2CCCC[C@H]2C)cc1. The van der Waals surface area contributed by atoms with E-state index in [1.165, 1.54) is 17.3 Å². The van der Waals surface area contributed by atoms with E-state index in [1.807, 2.05) is 43.0 Å². The number of nitrogens with zero attached hydrogens (tertiary/aromatic N) is 2. The van der Waals surface area contributed by atoms with E-state index in [9.17, 15) is 9.59 Å². The minimum atomic E-state index is -0.518. The first-order valence-electron chi connectivity index (χ1n) is 9.20. The molecular formula is C21H24N2O3S. The van der Waals surface area contributed by atoms with Gasteiger partial charge in [0, 0.05) is 23.7 Å². The first kappa shape index (κ1) is 19.4. The number of piperidine rings is 1. The summed E-state index contributed by atoms with van der Waals surface area (Å²) in [5, 5.41) is 0.574. The highest BCUT2D eigenvalue weighted by Gasteiger charge is 2.24. The molecule has 142 valence electrons. The lowest BCUT2D eigenvalue weighted by Crippen LogP contribution is -2.44. The number of benzene rings is 1. The van der Waals surface area contributed by atoms with Crippen LogP contribution in [0.2, 0.25) is 0 Å². The standard InChI is InChI=1S/C21H24N2O3S/c1-15-8-10-17(11-9-15)27-20-18(7-5-12-22-20)21(25)26-14-19(24)23-13-4-3-6-16(23)2/h5,7-12,16H,3-4,6,13-14H2,1-2H3/t16-/m1/s1. The predicted molar refractivity (Wildman–Crippen MR) is 105 cm³/mol. The molecule has 1 aliphatic heterocycles. The Morgan fingerprint density at radius 2 is 2.00 bits per heavy atom. The molecular weight excluding hydrogens is 360 g/mol. The van der Waals surface area contributed by atoms with Crippen LogP contribution in [0.1, 0.15) is 42.1 Å². The molecule has 5 nitrogen and oxygen atoms in total. The number of aryl methyl sites for hydroxylation is 1. The number of hydrogen-bond acceptors (Lipinski definition) is 5. The molecule has 0 bridgehead atoms. The monoisotopic (exact) mass is 384 g/mol. The van der Waals surface area contributed by atoms with Crippen LogP contribution in [0, 0.1) is 6.92 Å². The predicted octanol–water partition coefficient (Wildman–Crippen LogP) is 4.10. The third kappa shape index (κ3) is 5.10. The van der Waals surface area contributed by atoms with Gasteiger partial charge in [-0.05, 0) is 57.4 Å². The molecule has 27 heavy (non-hydrogen) atoms. The second-order valence-corrected chi connectivity index (χ2v) is 7.84. The summed E-state index contributed by atoms with van der Waals surface area (Å²) in [4.78, 5) is 32.0. The number of aromatic nitrogens is 1. The Bertz CT molecular complexity index is 807. The zero-order valence-corrected chi connectivity index (χ0v) is 16.5. The molecule has 1 fully saturated rings. The van der Waals surface area contributed by atoms with Crippen LogP contribution >= 0.6 is 11.8 Å². The lowest BCUT2D eigenvalue weighted by atomic mass is 10.0. The van der Waals surface area contributed by atoms with E-state index in [0.29, 0.717) is 10.6 Å². The van der Waals surface area contributed by atoms with Crippen molar-refractivity contribution in [1.82, 2.24) is 9.88 Å². The molecule has 3 rings (SSSR count). The lowest BCUT2D eigenvalue weighted by molar-refractivity contribution is -0.137. The van der Waals surface area contributed by atoms with Crippen molar-refractivity contribution in [3.05, 3.63) is 53.7 Å². The van der Waals surface area contributed by atoms with Gasteiger partial charge in [-0.1, -0.05) is 29.5 Å². The molecule has 0 N–H and O–H groups in total. The minimum absolute atomic E-state index is 0.132. The molecule has 1 saturated heterocycles. The van der Waals surface area contributed by atoms with Crippen LogP contribution in [0.25, 0.3) is 0 Å². The van der Waals surface area contributed by atoms with Crippen molar-refractivity contribution in [2.75, 3.05) is 13.2 Å². The number of rotatable bonds is 5. The van der Waals surface area contributed by atoms with E-state index in [2.05, 4.69) is 4.98 Å². The van der Waals surface area contributed by atoms with Crippen LogP contribution in [0.15, 0.2) is 52.5 Å². The van der Waals surface area contributed by atoms with Crippen molar-refractivity contribution < 1.29 is 14.3 Å². The number of esters is 1. The zero-order chi connectivity index (χ0) is 19.2. The van der Waals surface area contributed by atoms with E-state index < -0.39 is 5.97 Å². The Hall–Kier alpha value is -2.34. The second-order valence-electron chi connectivity index (χ2n) is 6.78. The quantitative estimate of drug-likeness (QED) is 0.727. The molecule has 0 unspecified atom stereocenters. The van der Waals surface area contributed by atoms with Crippen molar-refractivity contribution in [1.29, 1.82) is 0 Å². The number of carbonyl (C=O) groups is 2. The van der Waals surface area contributed by atoms with Gasteiger partial charge < -0.3 is 9.64 Å². The van der Waals surface area contributed by atoms with Gasteiger partial charge in [-0.2, -0.15) is 0 Å². The fourth-order valence-electron chi connectivity index (χ4n) is 3.10. The minimum Gasteiger partial charge on any atom is -0.452 e. The molecule has 2 aromatic rings. The maximum atomic E-state index is 12.5. The average molecular weight is 385 g/mol. The number of likely N-dealkylation sites (tertiary alicyclic amines) is 1. The topological polar surface area (TPSA) is 59.5 Å². The van der Waals surface area contributed by atoms with Gasteiger partial charge in [0.1, 0.15) is 5.03 Å². The van der Waals surface area contributed by atoms with Gasteiger partial charge >= 0.3 is 5.97 Å². The van der Waals surface area contributed by atoms with Gasteiger partial charge in [-0.3, -0.25) is 4.79 Å². The molecule has 6 heteroatoms. The van der Waals surface area contributed by atoms with Gasteiger partial charge in [-0.25, -0.2) is 9.78 Å². The molecule has 2 heterocycles. The molecule has 1 aromatic heterocycles. The summed E-state index contributed by atoms with van der Waals surface area (Å²) < 4.78 is 5.31. The number of hydrogen-bond donors (Lipinski definition) is 0. The van der Waals surface area contributed by atoms with Crippen molar-refractivity contribution in [2.24, 2.45) is 0 Å². The van der Waals surface area contributed by atoms with Crippen LogP contribution in [0.3, 0.4) is 0 Å². The summed E-state index contributed by atoms with van der Waals surface area (Å²) in [7, 11) is 0. The smallest absolute Gasteiger partial charge is 0.341 e. The van der Waals surface area contributed by atoms with Crippen molar-refractivity contribution in [2.45, 2.75) is 49.1 Å². The Kier molecular flexibility index (Phi) is 6.50. The van der Waals surface area contributed by atoms with Gasteiger partial charge in [0.05, 0.1) is 5.56 Å². The van der Waals surface area contributed by atoms with E-state index >= 15 is 0 Å². The van der Waals surface area contributed by atoms with Crippen LogP contribution in [0.5, 0.6) is 0 Å². The van der Waals surface area contributed by atoms with Crippen molar-refractivity contribution in [3.63, 3.8) is 0 Å². The highest BCUT2D eigenvalue weighted by atomic mass is 32.2. The van der Waals surface area contributed by atoms with Crippen LogP contribution in [-0.4, -0.2) is 41.0 Å². The number of ether oxygens (including phenoxy) is 1. The molecule has 1 aromatic carbocycles. The Morgan fingerprint density at radius 1 is 1.22 bits per heavy atom. The van der Waals surface area contributed by atoms with Gasteiger partial charge in [0.25, 0.3) is 5.91 Å². The fraction of sp³-hybridized carbons (Fsp3) is 0.381.